The SMILES string of the molecule is O=C(NC[C@H]1OCCc2ccccc21)c1ccncc1F. The third-order valence-corrected chi connectivity index (χ3v) is 3.56. The summed E-state index contributed by atoms with van der Waals surface area (Å²) in [5.41, 5.74) is 2.31. The Morgan fingerprint density at radius 2 is 2.24 bits per heavy atom. The third-order valence-electron chi connectivity index (χ3n) is 3.56. The normalized spacial score (nSPS) is 17.1. The van der Waals surface area contributed by atoms with Crippen molar-refractivity contribution in [2.24, 2.45) is 0 Å². The van der Waals surface area contributed by atoms with Crippen molar-refractivity contribution >= 4 is 5.91 Å². The van der Waals surface area contributed by atoms with E-state index in [4.69, 9.17) is 4.74 Å². The number of amides is 1. The summed E-state index contributed by atoms with van der Waals surface area (Å²) in [6.45, 7) is 0.943. The van der Waals surface area contributed by atoms with Gasteiger partial charge in [0.2, 0.25) is 0 Å². The molecule has 1 N–H and O–H groups in total. The number of hydrogen-bond acceptors (Lipinski definition) is 3. The predicted molar refractivity (Wildman–Crippen MR) is 75.4 cm³/mol. The van der Waals surface area contributed by atoms with Crippen LogP contribution in [0.3, 0.4) is 0 Å². The zero-order valence-corrected chi connectivity index (χ0v) is 11.4. The van der Waals surface area contributed by atoms with Gasteiger partial charge in [0, 0.05) is 12.7 Å². The molecule has 0 aliphatic carbocycles. The number of carbonyl (C=O) groups is 1. The maximum absolute atomic E-state index is 13.5. The molecule has 5 heteroatoms. The molecular formula is C16H15FN2O2. The highest BCUT2D eigenvalue weighted by Crippen LogP contribution is 2.26. The van der Waals surface area contributed by atoms with Crippen LogP contribution >= 0.6 is 0 Å². The second-order valence-corrected chi connectivity index (χ2v) is 4.87. The van der Waals surface area contributed by atoms with E-state index in [1.807, 2.05) is 18.2 Å². The first-order valence-electron chi connectivity index (χ1n) is 6.83. The van der Waals surface area contributed by atoms with Crippen molar-refractivity contribution in [2.45, 2.75) is 12.5 Å². The lowest BCUT2D eigenvalue weighted by Gasteiger charge is -2.26. The number of fused-ring (bicyclic) bond motifs is 1. The van der Waals surface area contributed by atoms with E-state index in [1.165, 1.54) is 17.8 Å². The Bertz CT molecular complexity index is 660. The maximum Gasteiger partial charge on any atom is 0.254 e. The van der Waals surface area contributed by atoms with Crippen LogP contribution in [0.15, 0.2) is 42.7 Å². The molecule has 1 aliphatic rings. The van der Waals surface area contributed by atoms with Gasteiger partial charge in [0.15, 0.2) is 5.82 Å². The van der Waals surface area contributed by atoms with Crippen LogP contribution in [0.1, 0.15) is 27.6 Å². The van der Waals surface area contributed by atoms with Crippen LogP contribution in [0.2, 0.25) is 0 Å². The van der Waals surface area contributed by atoms with Crippen LogP contribution < -0.4 is 5.32 Å². The van der Waals surface area contributed by atoms with Crippen molar-refractivity contribution in [1.82, 2.24) is 10.3 Å². The molecule has 0 saturated heterocycles. The summed E-state index contributed by atoms with van der Waals surface area (Å²) in [6, 6.07) is 9.37. The minimum Gasteiger partial charge on any atom is -0.371 e. The van der Waals surface area contributed by atoms with Crippen LogP contribution in [0.5, 0.6) is 0 Å². The topological polar surface area (TPSA) is 51.2 Å². The van der Waals surface area contributed by atoms with E-state index < -0.39 is 11.7 Å². The molecule has 0 spiro atoms. The monoisotopic (exact) mass is 286 g/mol. The standard InChI is InChI=1S/C16H15FN2O2/c17-14-9-18-7-5-13(14)16(20)19-10-15-12-4-2-1-3-11(12)6-8-21-15/h1-5,7,9,15H,6,8,10H2,(H,19,20)/t15-/m1/s1. The smallest absolute Gasteiger partial charge is 0.254 e. The molecule has 21 heavy (non-hydrogen) atoms. The predicted octanol–water partition coefficient (Wildman–Crippen LogP) is 2.26. The molecule has 0 bridgehead atoms. The summed E-state index contributed by atoms with van der Waals surface area (Å²) in [5.74, 6) is -1.08. The van der Waals surface area contributed by atoms with E-state index >= 15 is 0 Å². The van der Waals surface area contributed by atoms with Gasteiger partial charge < -0.3 is 10.1 Å². The molecule has 3 rings (SSSR count). The Kier molecular flexibility index (Phi) is 3.92. The van der Waals surface area contributed by atoms with E-state index in [1.54, 1.807) is 0 Å². The van der Waals surface area contributed by atoms with Crippen LogP contribution in [-0.4, -0.2) is 24.0 Å². The molecule has 0 unspecified atom stereocenters. The number of rotatable bonds is 3. The summed E-state index contributed by atoms with van der Waals surface area (Å²) >= 11 is 0. The van der Waals surface area contributed by atoms with Crippen molar-refractivity contribution in [3.8, 4) is 0 Å². The van der Waals surface area contributed by atoms with E-state index in [-0.39, 0.29) is 11.7 Å². The molecule has 0 radical (unpaired) electrons. The quantitative estimate of drug-likeness (QED) is 0.941. The van der Waals surface area contributed by atoms with Crippen molar-refractivity contribution in [3.63, 3.8) is 0 Å². The first kappa shape index (κ1) is 13.7. The number of carbonyl (C=O) groups excluding carboxylic acids is 1. The number of benzene rings is 1. The molecule has 0 saturated carbocycles. The Balaban J connectivity index is 1.69. The summed E-state index contributed by atoms with van der Waals surface area (Å²) in [7, 11) is 0. The Morgan fingerprint density at radius 3 is 3.10 bits per heavy atom. The van der Waals surface area contributed by atoms with Crippen LogP contribution in [0, 0.1) is 5.82 Å². The summed E-state index contributed by atoms with van der Waals surface area (Å²) in [6.07, 6.45) is 3.11. The number of ether oxygens (including phenoxy) is 1. The summed E-state index contributed by atoms with van der Waals surface area (Å²) in [4.78, 5) is 15.6. The number of halogens is 1. The van der Waals surface area contributed by atoms with Gasteiger partial charge in [0.05, 0.1) is 18.4 Å². The molecule has 1 aromatic heterocycles. The Hall–Kier alpha value is -2.27. The van der Waals surface area contributed by atoms with Crippen LogP contribution in [-0.2, 0) is 11.2 Å². The van der Waals surface area contributed by atoms with E-state index in [0.29, 0.717) is 13.2 Å². The number of nitrogens with one attached hydrogen (secondary N) is 1. The number of aromatic nitrogens is 1. The lowest BCUT2D eigenvalue weighted by atomic mass is 9.97. The van der Waals surface area contributed by atoms with Gasteiger partial charge in [-0.1, -0.05) is 24.3 Å². The van der Waals surface area contributed by atoms with Gasteiger partial charge in [-0.05, 0) is 23.6 Å². The minimum atomic E-state index is -0.625. The van der Waals surface area contributed by atoms with Gasteiger partial charge in [0.1, 0.15) is 6.10 Å². The first-order chi connectivity index (χ1) is 10.3. The van der Waals surface area contributed by atoms with Crippen LogP contribution in [0.25, 0.3) is 0 Å². The highest BCUT2D eigenvalue weighted by atomic mass is 19.1. The number of pyridine rings is 1. The van der Waals surface area contributed by atoms with Gasteiger partial charge in [-0.2, -0.15) is 0 Å². The molecule has 2 heterocycles. The third kappa shape index (κ3) is 2.92. The van der Waals surface area contributed by atoms with Gasteiger partial charge >= 0.3 is 0 Å². The maximum atomic E-state index is 13.5. The zero-order valence-electron chi connectivity index (χ0n) is 11.4. The van der Waals surface area contributed by atoms with E-state index in [0.717, 1.165) is 18.2 Å². The Morgan fingerprint density at radius 1 is 1.38 bits per heavy atom. The second kappa shape index (κ2) is 6.01. The fourth-order valence-corrected chi connectivity index (χ4v) is 2.49. The highest BCUT2D eigenvalue weighted by Gasteiger charge is 2.21. The molecule has 0 fully saturated rings. The fourth-order valence-electron chi connectivity index (χ4n) is 2.49. The first-order valence-corrected chi connectivity index (χ1v) is 6.83. The molecule has 1 aromatic carbocycles. The van der Waals surface area contributed by atoms with E-state index in [2.05, 4.69) is 16.4 Å². The average molecular weight is 286 g/mol. The van der Waals surface area contributed by atoms with Gasteiger partial charge in [-0.15, -0.1) is 0 Å². The van der Waals surface area contributed by atoms with Crippen LogP contribution in [0.4, 0.5) is 4.39 Å². The summed E-state index contributed by atoms with van der Waals surface area (Å²) in [5, 5.41) is 2.72. The van der Waals surface area contributed by atoms with Crippen molar-refractivity contribution in [2.75, 3.05) is 13.2 Å². The van der Waals surface area contributed by atoms with Gasteiger partial charge in [0.25, 0.3) is 5.91 Å². The molecule has 1 aliphatic heterocycles. The van der Waals surface area contributed by atoms with Gasteiger partial charge in [-0.3, -0.25) is 9.78 Å². The molecule has 108 valence electrons. The molecular weight excluding hydrogens is 271 g/mol. The second-order valence-electron chi connectivity index (χ2n) is 4.87. The largest absolute Gasteiger partial charge is 0.371 e. The minimum absolute atomic E-state index is 0.00547. The Labute approximate surface area is 122 Å². The van der Waals surface area contributed by atoms with Crippen molar-refractivity contribution in [3.05, 3.63) is 65.2 Å². The average Bonchev–Trinajstić information content (AvgIpc) is 2.53. The molecule has 1 amide bonds. The summed E-state index contributed by atoms with van der Waals surface area (Å²) < 4.78 is 19.2. The number of hydrogen-bond donors (Lipinski definition) is 1. The lowest BCUT2D eigenvalue weighted by molar-refractivity contribution is 0.0411. The van der Waals surface area contributed by atoms with Crippen molar-refractivity contribution in [1.29, 1.82) is 0 Å². The molecule has 1 atom stereocenters. The highest BCUT2D eigenvalue weighted by molar-refractivity contribution is 5.94. The fraction of sp³-hybridized carbons (Fsp3) is 0.250. The number of nitrogens with zero attached hydrogens (tertiary/aromatic N) is 1. The van der Waals surface area contributed by atoms with Crippen molar-refractivity contribution < 1.29 is 13.9 Å². The zero-order chi connectivity index (χ0) is 14.7. The molecule has 4 nitrogen and oxygen atoms in total. The lowest BCUT2D eigenvalue weighted by Crippen LogP contribution is -2.32. The van der Waals surface area contributed by atoms with E-state index in [9.17, 15) is 9.18 Å². The molecule has 2 aromatic rings. The van der Waals surface area contributed by atoms with Gasteiger partial charge in [-0.25, -0.2) is 4.39 Å².